The van der Waals surface area contributed by atoms with Crippen LogP contribution in [0, 0.1) is 5.92 Å². The normalized spacial score (nSPS) is 32.3. The van der Waals surface area contributed by atoms with E-state index in [1.165, 1.54) is 6.42 Å². The van der Waals surface area contributed by atoms with Crippen LogP contribution in [-0.2, 0) is 0 Å². The van der Waals surface area contributed by atoms with Gasteiger partial charge in [0.15, 0.2) is 0 Å². The van der Waals surface area contributed by atoms with Crippen LogP contribution in [0.4, 0.5) is 4.79 Å². The molecule has 2 heterocycles. The zero-order valence-corrected chi connectivity index (χ0v) is 9.70. The van der Waals surface area contributed by atoms with Crippen molar-refractivity contribution in [1.82, 2.24) is 15.1 Å². The number of likely N-dealkylation sites (tertiary alicyclic amines) is 2. The quantitative estimate of drug-likeness (QED) is 0.641. The number of piperidine rings is 2. The van der Waals surface area contributed by atoms with Crippen LogP contribution in [-0.4, -0.2) is 55.6 Å². The second-order valence-electron chi connectivity index (χ2n) is 4.77. The fourth-order valence-electron chi connectivity index (χ4n) is 2.98. The molecule has 4 nitrogen and oxygen atoms in total. The smallest absolute Gasteiger partial charge is 0.317 e. The predicted octanol–water partition coefficient (Wildman–Crippen LogP) is 0.742. The van der Waals surface area contributed by atoms with Crippen LogP contribution in [0.3, 0.4) is 0 Å². The Balaban J connectivity index is 2.04. The number of nitrogens with one attached hydrogen (secondary N) is 1. The highest BCUT2D eigenvalue weighted by Crippen LogP contribution is 2.29. The van der Waals surface area contributed by atoms with E-state index < -0.39 is 0 Å². The van der Waals surface area contributed by atoms with E-state index in [4.69, 9.17) is 0 Å². The fourth-order valence-corrected chi connectivity index (χ4v) is 2.98. The minimum absolute atomic E-state index is 0.106. The topological polar surface area (TPSA) is 35.6 Å². The van der Waals surface area contributed by atoms with Crippen molar-refractivity contribution < 1.29 is 4.79 Å². The molecular formula is C11H21N3O. The van der Waals surface area contributed by atoms with Gasteiger partial charge in [-0.2, -0.15) is 0 Å². The summed E-state index contributed by atoms with van der Waals surface area (Å²) < 4.78 is 0. The highest BCUT2D eigenvalue weighted by molar-refractivity contribution is 5.74. The summed E-state index contributed by atoms with van der Waals surface area (Å²) in [6, 6.07) is 0.587. The maximum atomic E-state index is 11.7. The predicted molar refractivity (Wildman–Crippen MR) is 59.8 cm³/mol. The molecule has 2 saturated heterocycles. The van der Waals surface area contributed by atoms with E-state index in [0.29, 0.717) is 12.0 Å². The van der Waals surface area contributed by atoms with E-state index in [1.54, 1.807) is 7.05 Å². The van der Waals surface area contributed by atoms with Crippen LogP contribution < -0.4 is 5.32 Å². The first-order valence-corrected chi connectivity index (χ1v) is 5.89. The Bertz CT molecular complexity index is 244. The molecule has 86 valence electrons. The molecule has 2 aliphatic heterocycles. The second-order valence-corrected chi connectivity index (χ2v) is 4.77. The minimum atomic E-state index is 0.106. The molecule has 2 unspecified atom stereocenters. The summed E-state index contributed by atoms with van der Waals surface area (Å²) in [5.74, 6) is 0.690. The maximum Gasteiger partial charge on any atom is 0.317 e. The molecule has 0 aliphatic carbocycles. The van der Waals surface area contributed by atoms with E-state index in [0.717, 1.165) is 32.5 Å². The molecule has 2 fully saturated rings. The number of carbonyl (C=O) groups is 1. The average Bonchev–Trinajstić information content (AvgIpc) is 2.26. The van der Waals surface area contributed by atoms with Gasteiger partial charge in [-0.15, -0.1) is 0 Å². The van der Waals surface area contributed by atoms with E-state index >= 15 is 0 Å². The summed E-state index contributed by atoms with van der Waals surface area (Å²) in [7, 11) is 3.90. The van der Waals surface area contributed by atoms with E-state index in [-0.39, 0.29) is 6.03 Å². The van der Waals surface area contributed by atoms with Crippen molar-refractivity contribution in [2.45, 2.75) is 25.3 Å². The summed E-state index contributed by atoms with van der Waals surface area (Å²) in [6.07, 6.45) is 3.57. The SMILES string of the molecule is CNC(=O)N1CCCC2CN(C)CCC21. The van der Waals surface area contributed by atoms with Crippen LogP contribution in [0.15, 0.2) is 0 Å². The van der Waals surface area contributed by atoms with Gasteiger partial charge in [0.2, 0.25) is 0 Å². The van der Waals surface area contributed by atoms with Gasteiger partial charge >= 0.3 is 6.03 Å². The van der Waals surface area contributed by atoms with Gasteiger partial charge in [0, 0.05) is 26.2 Å². The third-order valence-corrected chi connectivity index (χ3v) is 3.75. The monoisotopic (exact) mass is 211 g/mol. The molecule has 2 amide bonds. The summed E-state index contributed by atoms with van der Waals surface area (Å²) in [5.41, 5.74) is 0. The Morgan fingerprint density at radius 3 is 2.87 bits per heavy atom. The molecular weight excluding hydrogens is 190 g/mol. The van der Waals surface area contributed by atoms with Gasteiger partial charge in [-0.25, -0.2) is 4.79 Å². The largest absolute Gasteiger partial charge is 0.341 e. The lowest BCUT2D eigenvalue weighted by molar-refractivity contribution is 0.0540. The number of fused-ring (bicyclic) bond motifs is 1. The average molecular weight is 211 g/mol. The fraction of sp³-hybridized carbons (Fsp3) is 0.909. The Morgan fingerprint density at radius 1 is 1.33 bits per heavy atom. The second kappa shape index (κ2) is 4.39. The summed E-state index contributed by atoms with van der Waals surface area (Å²) in [5, 5.41) is 2.75. The van der Waals surface area contributed by atoms with Gasteiger partial charge in [0.25, 0.3) is 0 Å². The standard InChI is InChI=1S/C11H21N3O/c1-12-11(15)14-6-3-4-9-8-13(2)7-5-10(9)14/h9-10H,3-8H2,1-2H3,(H,12,15). The first-order chi connectivity index (χ1) is 7.22. The van der Waals surface area contributed by atoms with Gasteiger partial charge in [-0.3, -0.25) is 0 Å². The van der Waals surface area contributed by atoms with Crippen molar-refractivity contribution in [2.75, 3.05) is 33.7 Å². The van der Waals surface area contributed by atoms with Crippen LogP contribution in [0.2, 0.25) is 0 Å². The molecule has 4 heteroatoms. The number of nitrogens with zero attached hydrogens (tertiary/aromatic N) is 2. The Kier molecular flexibility index (Phi) is 3.14. The van der Waals surface area contributed by atoms with Crippen LogP contribution >= 0.6 is 0 Å². The van der Waals surface area contributed by atoms with Crippen molar-refractivity contribution in [2.24, 2.45) is 5.92 Å². The number of hydrogen-bond donors (Lipinski definition) is 1. The first kappa shape index (κ1) is 10.7. The molecule has 0 spiro atoms. The molecule has 0 aromatic rings. The molecule has 0 aromatic heterocycles. The van der Waals surface area contributed by atoms with Crippen molar-refractivity contribution in [3.8, 4) is 0 Å². The van der Waals surface area contributed by atoms with Gasteiger partial charge in [-0.1, -0.05) is 0 Å². The van der Waals surface area contributed by atoms with Crippen LogP contribution in [0.5, 0.6) is 0 Å². The van der Waals surface area contributed by atoms with Crippen molar-refractivity contribution in [3.63, 3.8) is 0 Å². The molecule has 0 radical (unpaired) electrons. The Morgan fingerprint density at radius 2 is 2.13 bits per heavy atom. The molecule has 1 N–H and O–H groups in total. The van der Waals surface area contributed by atoms with E-state index in [9.17, 15) is 4.79 Å². The number of urea groups is 1. The third kappa shape index (κ3) is 2.09. The van der Waals surface area contributed by atoms with Crippen LogP contribution in [0.1, 0.15) is 19.3 Å². The van der Waals surface area contributed by atoms with Gasteiger partial charge < -0.3 is 15.1 Å². The highest BCUT2D eigenvalue weighted by atomic mass is 16.2. The Labute approximate surface area is 91.6 Å². The molecule has 2 aliphatic rings. The molecule has 2 atom stereocenters. The number of carbonyl (C=O) groups excluding carboxylic acids is 1. The van der Waals surface area contributed by atoms with Crippen molar-refractivity contribution in [1.29, 1.82) is 0 Å². The molecule has 0 aromatic carbocycles. The summed E-state index contributed by atoms with van der Waals surface area (Å²) in [4.78, 5) is 16.1. The molecule has 2 rings (SSSR count). The lowest BCUT2D eigenvalue weighted by atomic mass is 9.84. The minimum Gasteiger partial charge on any atom is -0.341 e. The zero-order valence-electron chi connectivity index (χ0n) is 9.70. The number of rotatable bonds is 0. The maximum absolute atomic E-state index is 11.7. The van der Waals surface area contributed by atoms with Crippen molar-refractivity contribution in [3.05, 3.63) is 0 Å². The third-order valence-electron chi connectivity index (χ3n) is 3.75. The van der Waals surface area contributed by atoms with Crippen molar-refractivity contribution >= 4 is 6.03 Å². The van der Waals surface area contributed by atoms with Gasteiger partial charge in [0.05, 0.1) is 0 Å². The lowest BCUT2D eigenvalue weighted by Gasteiger charge is -2.46. The van der Waals surface area contributed by atoms with E-state index in [1.807, 2.05) is 4.90 Å². The number of hydrogen-bond acceptors (Lipinski definition) is 2. The Hall–Kier alpha value is -0.770. The zero-order chi connectivity index (χ0) is 10.8. The molecule has 0 saturated carbocycles. The lowest BCUT2D eigenvalue weighted by Crippen LogP contribution is -2.56. The molecule has 0 bridgehead atoms. The highest BCUT2D eigenvalue weighted by Gasteiger charge is 2.36. The van der Waals surface area contributed by atoms with Crippen LogP contribution in [0.25, 0.3) is 0 Å². The summed E-state index contributed by atoms with van der Waals surface area (Å²) in [6.45, 7) is 3.21. The van der Waals surface area contributed by atoms with Gasteiger partial charge in [0.1, 0.15) is 0 Å². The molecule has 15 heavy (non-hydrogen) atoms. The van der Waals surface area contributed by atoms with Gasteiger partial charge in [-0.05, 0) is 38.8 Å². The first-order valence-electron chi connectivity index (χ1n) is 5.89. The summed E-state index contributed by atoms with van der Waals surface area (Å²) >= 11 is 0. The van der Waals surface area contributed by atoms with E-state index in [2.05, 4.69) is 17.3 Å². The number of amides is 2.